The third-order valence-electron chi connectivity index (χ3n) is 2.57. The molecule has 17 heavy (non-hydrogen) atoms. The van der Waals surface area contributed by atoms with Crippen LogP contribution in [0.5, 0.6) is 0 Å². The number of nitrogens with one attached hydrogen (secondary N) is 3. The maximum Gasteiger partial charge on any atom is 0.271 e. The van der Waals surface area contributed by atoms with Gasteiger partial charge in [-0.15, -0.1) is 0 Å². The van der Waals surface area contributed by atoms with Crippen molar-refractivity contribution in [2.45, 2.75) is 39.7 Å². The van der Waals surface area contributed by atoms with E-state index < -0.39 is 0 Å². The smallest absolute Gasteiger partial charge is 0.271 e. The fraction of sp³-hybridized carbons (Fsp3) is 0.667. The van der Waals surface area contributed by atoms with E-state index in [1.165, 1.54) is 0 Å². The van der Waals surface area contributed by atoms with E-state index in [0.717, 1.165) is 12.2 Å². The first-order valence-electron chi connectivity index (χ1n) is 6.11. The molecule has 1 aromatic rings. The highest BCUT2D eigenvalue weighted by molar-refractivity contribution is 5.92. The van der Waals surface area contributed by atoms with Gasteiger partial charge in [0.05, 0.1) is 0 Å². The predicted octanol–water partition coefficient (Wildman–Crippen LogP) is 1.26. The van der Waals surface area contributed by atoms with Crippen LogP contribution in [0.25, 0.3) is 0 Å². The number of amides is 1. The summed E-state index contributed by atoms with van der Waals surface area (Å²) in [6.07, 6.45) is 0. The van der Waals surface area contributed by atoms with Crippen LogP contribution in [0.15, 0.2) is 6.07 Å². The summed E-state index contributed by atoms with van der Waals surface area (Å²) in [6.45, 7) is 9.70. The first kappa shape index (κ1) is 13.7. The molecule has 0 saturated carbocycles. The van der Waals surface area contributed by atoms with Crippen LogP contribution in [-0.4, -0.2) is 35.2 Å². The Hall–Kier alpha value is -1.36. The molecule has 1 rings (SSSR count). The molecule has 0 fully saturated rings. The standard InChI is InChI=1S/C12H22N4O/c1-5-13-9(4)7-14-12(17)11-6-10(8(2)3)15-16-11/h6,8-9,13H,5,7H2,1-4H3,(H,14,17)(H,15,16)/t9-/m1/s1. The first-order valence-corrected chi connectivity index (χ1v) is 6.11. The Kier molecular flexibility index (Phi) is 5.15. The average molecular weight is 238 g/mol. The zero-order valence-electron chi connectivity index (χ0n) is 11.0. The van der Waals surface area contributed by atoms with Crippen molar-refractivity contribution in [3.63, 3.8) is 0 Å². The molecule has 96 valence electrons. The van der Waals surface area contributed by atoms with E-state index in [0.29, 0.717) is 18.2 Å². The third kappa shape index (κ3) is 4.19. The van der Waals surface area contributed by atoms with Crippen LogP contribution in [0, 0.1) is 0 Å². The molecule has 0 unspecified atom stereocenters. The molecular weight excluding hydrogens is 216 g/mol. The van der Waals surface area contributed by atoms with Gasteiger partial charge in [0, 0.05) is 18.3 Å². The normalized spacial score (nSPS) is 12.8. The van der Waals surface area contributed by atoms with Crippen molar-refractivity contribution >= 4 is 5.91 Å². The summed E-state index contributed by atoms with van der Waals surface area (Å²) >= 11 is 0. The van der Waals surface area contributed by atoms with Crippen molar-refractivity contribution in [3.8, 4) is 0 Å². The fourth-order valence-electron chi connectivity index (χ4n) is 1.51. The molecule has 1 amide bonds. The van der Waals surface area contributed by atoms with E-state index in [4.69, 9.17) is 0 Å². The van der Waals surface area contributed by atoms with Crippen molar-refractivity contribution in [1.29, 1.82) is 0 Å². The van der Waals surface area contributed by atoms with Crippen LogP contribution < -0.4 is 10.6 Å². The molecule has 0 aliphatic rings. The zero-order chi connectivity index (χ0) is 12.8. The highest BCUT2D eigenvalue weighted by atomic mass is 16.1. The SMILES string of the molecule is CCN[C@H](C)CNC(=O)c1cc(C(C)C)[nH]n1. The molecule has 0 bridgehead atoms. The minimum atomic E-state index is -0.127. The predicted molar refractivity (Wildman–Crippen MR) is 68.1 cm³/mol. The van der Waals surface area contributed by atoms with Crippen LogP contribution in [0.4, 0.5) is 0 Å². The van der Waals surface area contributed by atoms with Crippen LogP contribution in [0.2, 0.25) is 0 Å². The summed E-state index contributed by atoms with van der Waals surface area (Å²) in [6, 6.07) is 2.07. The molecule has 0 aliphatic carbocycles. The largest absolute Gasteiger partial charge is 0.349 e. The van der Waals surface area contributed by atoms with E-state index in [2.05, 4.69) is 34.7 Å². The topological polar surface area (TPSA) is 69.8 Å². The minimum Gasteiger partial charge on any atom is -0.349 e. The van der Waals surface area contributed by atoms with Gasteiger partial charge in [0.2, 0.25) is 0 Å². The Morgan fingerprint density at radius 3 is 2.71 bits per heavy atom. The number of aromatic amines is 1. The monoisotopic (exact) mass is 238 g/mol. The number of likely N-dealkylation sites (N-methyl/N-ethyl adjacent to an activating group) is 1. The van der Waals surface area contributed by atoms with Crippen molar-refractivity contribution in [3.05, 3.63) is 17.5 Å². The summed E-state index contributed by atoms with van der Waals surface area (Å²) < 4.78 is 0. The van der Waals surface area contributed by atoms with Gasteiger partial charge in [0.1, 0.15) is 5.69 Å². The third-order valence-corrected chi connectivity index (χ3v) is 2.57. The molecule has 3 N–H and O–H groups in total. The van der Waals surface area contributed by atoms with Crippen LogP contribution in [0.1, 0.15) is 49.8 Å². The summed E-state index contributed by atoms with van der Waals surface area (Å²) in [7, 11) is 0. The summed E-state index contributed by atoms with van der Waals surface area (Å²) in [5, 5.41) is 13.0. The van der Waals surface area contributed by atoms with E-state index in [9.17, 15) is 4.79 Å². The number of rotatable bonds is 6. The van der Waals surface area contributed by atoms with E-state index >= 15 is 0 Å². The second kappa shape index (κ2) is 6.39. The Morgan fingerprint density at radius 1 is 1.47 bits per heavy atom. The fourth-order valence-corrected chi connectivity index (χ4v) is 1.51. The van der Waals surface area contributed by atoms with Gasteiger partial charge in [-0.05, 0) is 25.5 Å². The molecular formula is C12H22N4O. The molecule has 0 spiro atoms. The number of hydrogen-bond donors (Lipinski definition) is 3. The summed E-state index contributed by atoms with van der Waals surface area (Å²) in [5.74, 6) is 0.225. The number of aromatic nitrogens is 2. The number of nitrogens with zero attached hydrogens (tertiary/aromatic N) is 1. The van der Waals surface area contributed by atoms with Crippen molar-refractivity contribution in [1.82, 2.24) is 20.8 Å². The number of hydrogen-bond acceptors (Lipinski definition) is 3. The van der Waals surface area contributed by atoms with Crippen LogP contribution in [-0.2, 0) is 0 Å². The zero-order valence-corrected chi connectivity index (χ0v) is 11.0. The van der Waals surface area contributed by atoms with Gasteiger partial charge >= 0.3 is 0 Å². The average Bonchev–Trinajstić information content (AvgIpc) is 2.75. The summed E-state index contributed by atoms with van der Waals surface area (Å²) in [5.41, 5.74) is 1.44. The van der Waals surface area contributed by atoms with E-state index in [-0.39, 0.29) is 11.9 Å². The molecule has 0 aromatic carbocycles. The number of H-pyrrole nitrogens is 1. The minimum absolute atomic E-state index is 0.127. The van der Waals surface area contributed by atoms with Crippen LogP contribution in [0.3, 0.4) is 0 Å². The van der Waals surface area contributed by atoms with Gasteiger partial charge in [-0.2, -0.15) is 5.10 Å². The lowest BCUT2D eigenvalue weighted by Gasteiger charge is -2.12. The maximum absolute atomic E-state index is 11.8. The van der Waals surface area contributed by atoms with Gasteiger partial charge in [-0.1, -0.05) is 20.8 Å². The maximum atomic E-state index is 11.8. The second-order valence-electron chi connectivity index (χ2n) is 4.53. The highest BCUT2D eigenvalue weighted by Crippen LogP contribution is 2.11. The van der Waals surface area contributed by atoms with Gasteiger partial charge < -0.3 is 10.6 Å². The molecule has 0 saturated heterocycles. The van der Waals surface area contributed by atoms with Crippen molar-refractivity contribution in [2.75, 3.05) is 13.1 Å². The molecule has 0 radical (unpaired) electrons. The van der Waals surface area contributed by atoms with Gasteiger partial charge in [-0.25, -0.2) is 0 Å². The lowest BCUT2D eigenvalue weighted by Crippen LogP contribution is -2.38. The Balaban J connectivity index is 2.46. The Labute approximate surface area is 102 Å². The quantitative estimate of drug-likeness (QED) is 0.699. The molecule has 1 aromatic heterocycles. The second-order valence-corrected chi connectivity index (χ2v) is 4.53. The highest BCUT2D eigenvalue weighted by Gasteiger charge is 2.12. The number of carbonyl (C=O) groups excluding carboxylic acids is 1. The van der Waals surface area contributed by atoms with Crippen LogP contribution >= 0.6 is 0 Å². The van der Waals surface area contributed by atoms with E-state index in [1.807, 2.05) is 13.8 Å². The lowest BCUT2D eigenvalue weighted by molar-refractivity contribution is 0.0945. The molecule has 1 atom stereocenters. The van der Waals surface area contributed by atoms with E-state index in [1.54, 1.807) is 6.07 Å². The first-order chi connectivity index (χ1) is 8.04. The molecule has 1 heterocycles. The van der Waals surface area contributed by atoms with Crippen molar-refractivity contribution in [2.24, 2.45) is 0 Å². The number of carbonyl (C=O) groups is 1. The Bertz CT molecular complexity index is 359. The van der Waals surface area contributed by atoms with Crippen molar-refractivity contribution < 1.29 is 4.79 Å². The summed E-state index contributed by atoms with van der Waals surface area (Å²) in [4.78, 5) is 11.8. The van der Waals surface area contributed by atoms with Gasteiger partial charge in [-0.3, -0.25) is 9.89 Å². The van der Waals surface area contributed by atoms with Gasteiger partial charge in [0.15, 0.2) is 0 Å². The molecule has 0 aliphatic heterocycles. The molecule has 5 heteroatoms. The molecule has 5 nitrogen and oxygen atoms in total. The lowest BCUT2D eigenvalue weighted by atomic mass is 10.1. The van der Waals surface area contributed by atoms with Gasteiger partial charge in [0.25, 0.3) is 5.91 Å². The Morgan fingerprint density at radius 2 is 2.18 bits per heavy atom.